The lowest BCUT2D eigenvalue weighted by atomic mass is 10.1. The molecular formula is C32H36N5O8P. The Hall–Kier alpha value is -4.26. The van der Waals surface area contributed by atoms with Crippen LogP contribution in [-0.2, 0) is 27.8 Å². The summed E-state index contributed by atoms with van der Waals surface area (Å²) in [6.45, 7) is 7.00. The van der Waals surface area contributed by atoms with Gasteiger partial charge < -0.3 is 28.6 Å². The monoisotopic (exact) mass is 649 g/mol. The summed E-state index contributed by atoms with van der Waals surface area (Å²) < 4.78 is 44.8. The fraction of sp³-hybridized carbons (Fsp3) is 0.344. The molecule has 1 aliphatic rings. The van der Waals surface area contributed by atoms with E-state index >= 15 is 0 Å². The summed E-state index contributed by atoms with van der Waals surface area (Å²) >= 11 is 0. The van der Waals surface area contributed by atoms with Gasteiger partial charge in [0.15, 0.2) is 29.3 Å². The van der Waals surface area contributed by atoms with Crippen molar-refractivity contribution in [3.8, 4) is 0 Å². The second-order valence-electron chi connectivity index (χ2n) is 11.0. The Morgan fingerprint density at radius 1 is 0.913 bits per heavy atom. The molecule has 14 heteroatoms. The minimum Gasteiger partial charge on any atom is -0.453 e. The number of aromatic nitrogens is 4. The maximum atomic E-state index is 13.6. The lowest BCUT2D eigenvalue weighted by molar-refractivity contribution is -0.0489. The van der Waals surface area contributed by atoms with E-state index in [1.807, 2.05) is 6.07 Å². The largest absolute Gasteiger partial charge is 0.453 e. The zero-order valence-electron chi connectivity index (χ0n) is 26.0. The number of carbonyl (C=O) groups excluding carboxylic acids is 2. The van der Waals surface area contributed by atoms with Gasteiger partial charge in [-0.25, -0.2) is 19.7 Å². The molecule has 0 aliphatic carbocycles. The summed E-state index contributed by atoms with van der Waals surface area (Å²) in [5, 5.41) is 2.78. The molecule has 1 fully saturated rings. The van der Waals surface area contributed by atoms with Crippen LogP contribution in [0.1, 0.15) is 54.6 Å². The molecule has 0 bridgehead atoms. The number of ether oxygens (including phenoxy) is 3. The number of hydrogen-bond donors (Lipinski definition) is 1. The van der Waals surface area contributed by atoms with Crippen molar-refractivity contribution in [1.82, 2.24) is 19.5 Å². The molecule has 1 amide bonds. The smallest absolute Gasteiger partial charge is 0.354 e. The molecule has 0 radical (unpaired) electrons. The number of fused-ring (bicyclic) bond motifs is 1. The van der Waals surface area contributed by atoms with E-state index in [0.29, 0.717) is 22.3 Å². The maximum absolute atomic E-state index is 13.6. The Morgan fingerprint density at radius 2 is 1.54 bits per heavy atom. The first-order valence-corrected chi connectivity index (χ1v) is 16.3. The molecule has 0 saturated carbocycles. The molecule has 0 spiro atoms. The van der Waals surface area contributed by atoms with Crippen LogP contribution in [0.25, 0.3) is 11.2 Å². The number of amides is 1. The Kier molecular flexibility index (Phi) is 10.4. The van der Waals surface area contributed by atoms with Crippen LogP contribution in [0.3, 0.4) is 0 Å². The molecule has 2 aromatic heterocycles. The highest BCUT2D eigenvalue weighted by atomic mass is 31.2. The highest BCUT2D eigenvalue weighted by Crippen LogP contribution is 2.52. The van der Waals surface area contributed by atoms with Crippen molar-refractivity contribution < 1.29 is 37.4 Å². The molecular weight excluding hydrogens is 613 g/mol. The fourth-order valence-corrected chi connectivity index (χ4v) is 6.71. The molecule has 13 nitrogen and oxygen atoms in total. The number of methoxy groups -OCH3 is 1. The van der Waals surface area contributed by atoms with Gasteiger partial charge in [0.25, 0.3) is 5.91 Å². The summed E-state index contributed by atoms with van der Waals surface area (Å²) in [5.41, 5.74) is 1.42. The maximum Gasteiger partial charge on any atom is 0.354 e. The van der Waals surface area contributed by atoms with E-state index in [9.17, 15) is 14.2 Å². The van der Waals surface area contributed by atoms with Crippen molar-refractivity contribution in [2.45, 2.75) is 64.4 Å². The van der Waals surface area contributed by atoms with Crippen molar-refractivity contribution >= 4 is 36.5 Å². The average molecular weight is 650 g/mol. The van der Waals surface area contributed by atoms with Crippen LogP contribution in [0.2, 0.25) is 0 Å². The molecule has 2 aromatic carbocycles. The molecule has 4 atom stereocenters. The van der Waals surface area contributed by atoms with E-state index < -0.39 is 50.3 Å². The van der Waals surface area contributed by atoms with Gasteiger partial charge in [-0.3, -0.25) is 13.9 Å². The molecule has 1 saturated heterocycles. The van der Waals surface area contributed by atoms with Crippen LogP contribution in [-0.4, -0.2) is 69.0 Å². The van der Waals surface area contributed by atoms with E-state index in [2.05, 4.69) is 20.3 Å². The van der Waals surface area contributed by atoms with Crippen molar-refractivity contribution in [3.05, 3.63) is 96.3 Å². The van der Waals surface area contributed by atoms with Crippen molar-refractivity contribution in [1.29, 1.82) is 0 Å². The van der Waals surface area contributed by atoms with Crippen LogP contribution in [0.4, 0.5) is 5.82 Å². The van der Waals surface area contributed by atoms with Crippen LogP contribution < -0.4 is 5.32 Å². The Balaban J connectivity index is 1.49. The highest BCUT2D eigenvalue weighted by molar-refractivity contribution is 7.57. The first-order valence-electron chi connectivity index (χ1n) is 14.7. The van der Waals surface area contributed by atoms with Crippen molar-refractivity contribution in [2.75, 3.05) is 12.4 Å². The fourth-order valence-electron chi connectivity index (χ4n) is 4.97. The van der Waals surface area contributed by atoms with Crippen LogP contribution in [0.15, 0.2) is 85.2 Å². The number of imidazole rings is 1. The van der Waals surface area contributed by atoms with E-state index in [1.165, 1.54) is 31.7 Å². The first kappa shape index (κ1) is 33.1. The second-order valence-corrected chi connectivity index (χ2v) is 12.8. The highest BCUT2D eigenvalue weighted by Gasteiger charge is 2.48. The van der Waals surface area contributed by atoms with Gasteiger partial charge in [0.1, 0.15) is 18.5 Å². The third-order valence-corrected chi connectivity index (χ3v) is 8.79. The summed E-state index contributed by atoms with van der Waals surface area (Å²) in [6.07, 6.45) is -0.232. The molecule has 46 heavy (non-hydrogen) atoms. The van der Waals surface area contributed by atoms with E-state index in [-0.39, 0.29) is 11.7 Å². The summed E-state index contributed by atoms with van der Waals surface area (Å²) in [6, 6.07) is 17.2. The standard InChI is InChI=1S/C32H36N5O8P/c1-20(2)44-46(40,45-21(3)4)17-16-24-26(43-32(39)23-14-10-7-11-15-23)27(41-5)31(42-24)37-19-35-25-28(33-18-34-29(25)37)36-30(38)22-12-8-6-9-13-22/h6-21,24,26-27,31H,1-5H3,(H,33,34,36,38)/t24-,26-,27-,31-/m1/s1. The van der Waals surface area contributed by atoms with Crippen LogP contribution in [0.5, 0.6) is 0 Å². The second kappa shape index (κ2) is 14.4. The molecule has 4 aromatic rings. The quantitative estimate of drug-likeness (QED) is 0.147. The third kappa shape index (κ3) is 7.57. The van der Waals surface area contributed by atoms with E-state index in [4.69, 9.17) is 23.3 Å². The van der Waals surface area contributed by atoms with Gasteiger partial charge in [0.05, 0.1) is 24.1 Å². The van der Waals surface area contributed by atoms with Gasteiger partial charge >= 0.3 is 13.6 Å². The number of rotatable bonds is 12. The predicted molar refractivity (Wildman–Crippen MR) is 169 cm³/mol. The van der Waals surface area contributed by atoms with Crippen LogP contribution in [0, 0.1) is 0 Å². The summed E-state index contributed by atoms with van der Waals surface area (Å²) in [5.74, 6) is 0.558. The molecule has 0 unspecified atom stereocenters. The average Bonchev–Trinajstić information content (AvgIpc) is 3.61. The minimum atomic E-state index is -3.72. The minimum absolute atomic E-state index is 0.200. The topological polar surface area (TPSA) is 153 Å². The predicted octanol–water partition coefficient (Wildman–Crippen LogP) is 5.77. The van der Waals surface area contributed by atoms with Gasteiger partial charge in [-0.05, 0) is 58.0 Å². The molecule has 3 heterocycles. The Bertz CT molecular complexity index is 1720. The van der Waals surface area contributed by atoms with Crippen LogP contribution >= 0.6 is 7.60 Å². The van der Waals surface area contributed by atoms with E-state index in [0.717, 1.165) is 0 Å². The lowest BCUT2D eigenvalue weighted by Gasteiger charge is -2.23. The van der Waals surface area contributed by atoms with Gasteiger partial charge in [-0.2, -0.15) is 0 Å². The zero-order valence-corrected chi connectivity index (χ0v) is 26.9. The summed E-state index contributed by atoms with van der Waals surface area (Å²) in [7, 11) is -2.25. The Labute approximate surface area is 266 Å². The normalized spacial score (nSPS) is 20.2. The third-order valence-electron chi connectivity index (χ3n) is 6.82. The molecule has 5 rings (SSSR count). The molecule has 1 aliphatic heterocycles. The molecule has 242 valence electrons. The first-order chi connectivity index (χ1) is 22.1. The number of esters is 1. The van der Waals surface area contributed by atoms with Crippen molar-refractivity contribution in [3.63, 3.8) is 0 Å². The number of nitrogens with one attached hydrogen (secondary N) is 1. The number of benzene rings is 2. The SMILES string of the molecule is CO[C@@H]1[C@H](OC(=O)c2ccccc2)[C@@H](C=CP(=O)(OC(C)C)OC(C)C)O[C@H]1n1cnc2c(NC(=O)c3ccccc3)ncnc21. The van der Waals surface area contributed by atoms with Gasteiger partial charge in [-0.1, -0.05) is 36.4 Å². The number of carbonyl (C=O) groups is 2. The number of nitrogens with zero attached hydrogens (tertiary/aromatic N) is 4. The van der Waals surface area contributed by atoms with Crippen molar-refractivity contribution in [2.24, 2.45) is 0 Å². The number of hydrogen-bond acceptors (Lipinski definition) is 11. The van der Waals surface area contributed by atoms with Gasteiger partial charge in [0, 0.05) is 18.5 Å². The Morgan fingerprint density at radius 3 is 2.15 bits per heavy atom. The van der Waals surface area contributed by atoms with E-state index in [1.54, 1.807) is 86.9 Å². The summed E-state index contributed by atoms with van der Waals surface area (Å²) in [4.78, 5) is 39.2. The van der Waals surface area contributed by atoms with Gasteiger partial charge in [0.2, 0.25) is 0 Å². The molecule has 1 N–H and O–H groups in total. The lowest BCUT2D eigenvalue weighted by Crippen LogP contribution is -2.37. The number of anilines is 1. The van der Waals surface area contributed by atoms with Gasteiger partial charge in [-0.15, -0.1) is 0 Å². The zero-order chi connectivity index (χ0) is 32.8.